The molecule has 5 aliphatic rings. The number of fused-ring (bicyclic) bond motifs is 5. The number of aliphatic hydroxyl groups excluding tert-OH is 1. The van der Waals surface area contributed by atoms with Crippen molar-refractivity contribution in [1.82, 2.24) is 4.90 Å². The van der Waals surface area contributed by atoms with E-state index in [1.54, 1.807) is 0 Å². The van der Waals surface area contributed by atoms with Crippen LogP contribution in [0.2, 0.25) is 5.02 Å². The Morgan fingerprint density at radius 2 is 1.69 bits per heavy atom. The van der Waals surface area contributed by atoms with Crippen molar-refractivity contribution >= 4 is 11.6 Å². The van der Waals surface area contributed by atoms with Crippen molar-refractivity contribution in [2.45, 2.75) is 102 Å². The van der Waals surface area contributed by atoms with E-state index in [0.29, 0.717) is 24.4 Å². The Labute approximate surface area is 222 Å². The van der Waals surface area contributed by atoms with Crippen LogP contribution in [0.4, 0.5) is 0 Å². The Balaban J connectivity index is 1.33. The molecule has 1 saturated heterocycles. The molecular weight excluding hydrogens is 470 g/mol. The molecule has 0 unspecified atom stereocenters. The molecule has 5 fully saturated rings. The summed E-state index contributed by atoms with van der Waals surface area (Å²) in [6.45, 7) is 8.87. The van der Waals surface area contributed by atoms with E-state index in [1.807, 2.05) is 12.1 Å². The topological polar surface area (TPSA) is 52.9 Å². The second-order valence-electron chi connectivity index (χ2n) is 13.4. The monoisotopic (exact) mass is 515 g/mol. The zero-order valence-electron chi connectivity index (χ0n) is 22.4. The normalized spacial score (nSPS) is 46.8. The Bertz CT molecular complexity index is 950. The quantitative estimate of drug-likeness (QED) is 0.492. The van der Waals surface area contributed by atoms with Crippen LogP contribution in [-0.4, -0.2) is 53.1 Å². The average molecular weight is 516 g/mol. The molecule has 4 aliphatic carbocycles. The van der Waals surface area contributed by atoms with Gasteiger partial charge in [-0.15, -0.1) is 0 Å². The van der Waals surface area contributed by atoms with Gasteiger partial charge in [0.1, 0.15) is 5.60 Å². The summed E-state index contributed by atoms with van der Waals surface area (Å²) in [5.74, 6) is 1.44. The Morgan fingerprint density at radius 1 is 0.944 bits per heavy atom. The van der Waals surface area contributed by atoms with Crippen LogP contribution in [0.1, 0.15) is 90.0 Å². The van der Waals surface area contributed by atoms with Crippen molar-refractivity contribution in [3.05, 3.63) is 34.9 Å². The van der Waals surface area contributed by atoms with Crippen molar-refractivity contribution in [3.63, 3.8) is 0 Å². The van der Waals surface area contributed by atoms with Gasteiger partial charge in [0.25, 0.3) is 0 Å². The Kier molecular flexibility index (Phi) is 6.57. The standard InChI is InChI=1S/C31H46ClNO3/c1-28-13-11-25(34)21-23(28)7-10-27-26(28)12-14-29(2)30(27,35)15-16-31(29,22-5-8-24(32)9-6-22)36-20-19-33-17-3-4-18-33/h5-6,8-9,23,25-27,34-35H,3-4,7,10-21H2,1-2H3/t23-,25+,26+,27-,28+,29+,30+,31+/m1/s1. The van der Waals surface area contributed by atoms with Gasteiger partial charge < -0.3 is 19.8 Å². The summed E-state index contributed by atoms with van der Waals surface area (Å²) in [5, 5.41) is 24.0. The first-order valence-electron chi connectivity index (χ1n) is 14.7. The zero-order valence-corrected chi connectivity index (χ0v) is 23.1. The maximum atomic E-state index is 12.8. The van der Waals surface area contributed by atoms with Gasteiger partial charge in [-0.3, -0.25) is 0 Å². The summed E-state index contributed by atoms with van der Waals surface area (Å²) in [7, 11) is 0. The summed E-state index contributed by atoms with van der Waals surface area (Å²) in [6.07, 6.45) is 11.4. The molecule has 0 aromatic heterocycles. The summed E-state index contributed by atoms with van der Waals surface area (Å²) in [5.41, 5.74) is -0.130. The number of benzene rings is 1. The van der Waals surface area contributed by atoms with E-state index in [2.05, 4.69) is 30.9 Å². The van der Waals surface area contributed by atoms with Gasteiger partial charge >= 0.3 is 0 Å². The summed E-state index contributed by atoms with van der Waals surface area (Å²) in [6, 6.07) is 8.30. The van der Waals surface area contributed by atoms with Gasteiger partial charge in [-0.25, -0.2) is 0 Å². The summed E-state index contributed by atoms with van der Waals surface area (Å²) < 4.78 is 7.06. The molecule has 4 nitrogen and oxygen atoms in total. The van der Waals surface area contributed by atoms with Gasteiger partial charge in [-0.2, -0.15) is 0 Å². The molecule has 0 amide bonds. The third kappa shape index (κ3) is 3.68. The van der Waals surface area contributed by atoms with Crippen LogP contribution >= 0.6 is 11.6 Å². The number of aliphatic hydroxyl groups is 2. The maximum absolute atomic E-state index is 12.8. The molecule has 5 heteroatoms. The van der Waals surface area contributed by atoms with Gasteiger partial charge in [0.05, 0.1) is 18.3 Å². The molecule has 0 spiro atoms. The summed E-state index contributed by atoms with van der Waals surface area (Å²) in [4.78, 5) is 2.52. The minimum absolute atomic E-state index is 0.135. The van der Waals surface area contributed by atoms with Gasteiger partial charge in [-0.1, -0.05) is 37.6 Å². The highest BCUT2D eigenvalue weighted by Gasteiger charge is 2.72. The predicted molar refractivity (Wildman–Crippen MR) is 144 cm³/mol. The minimum Gasteiger partial charge on any atom is -0.393 e. The van der Waals surface area contributed by atoms with Crippen molar-refractivity contribution in [2.75, 3.05) is 26.2 Å². The highest BCUT2D eigenvalue weighted by Crippen LogP contribution is 2.72. The van der Waals surface area contributed by atoms with E-state index < -0.39 is 11.2 Å². The fraction of sp³-hybridized carbons (Fsp3) is 0.806. The Hall–Kier alpha value is -0.650. The van der Waals surface area contributed by atoms with Crippen molar-refractivity contribution < 1.29 is 14.9 Å². The first kappa shape index (κ1) is 25.6. The number of rotatable bonds is 5. The second kappa shape index (κ2) is 9.23. The molecular formula is C31H46ClNO3. The molecule has 36 heavy (non-hydrogen) atoms. The molecule has 4 saturated carbocycles. The van der Waals surface area contributed by atoms with E-state index in [0.717, 1.165) is 69.4 Å². The van der Waals surface area contributed by atoms with E-state index in [-0.39, 0.29) is 16.9 Å². The molecule has 2 N–H and O–H groups in total. The molecule has 1 aromatic rings. The number of ether oxygens (including phenoxy) is 1. The Morgan fingerprint density at radius 3 is 2.44 bits per heavy atom. The van der Waals surface area contributed by atoms with E-state index in [9.17, 15) is 10.2 Å². The fourth-order valence-corrected chi connectivity index (χ4v) is 10.2. The van der Waals surface area contributed by atoms with E-state index >= 15 is 0 Å². The van der Waals surface area contributed by atoms with Gasteiger partial charge in [0, 0.05) is 17.0 Å². The van der Waals surface area contributed by atoms with E-state index in [1.165, 1.54) is 31.5 Å². The molecule has 0 radical (unpaired) electrons. The van der Waals surface area contributed by atoms with Crippen LogP contribution in [0.25, 0.3) is 0 Å². The highest BCUT2D eigenvalue weighted by molar-refractivity contribution is 6.30. The van der Waals surface area contributed by atoms with Crippen LogP contribution in [0.5, 0.6) is 0 Å². The van der Waals surface area contributed by atoms with Crippen molar-refractivity contribution in [2.24, 2.45) is 28.6 Å². The molecule has 0 bridgehead atoms. The van der Waals surface area contributed by atoms with Gasteiger partial charge in [-0.05, 0) is 125 Å². The van der Waals surface area contributed by atoms with Crippen LogP contribution in [0, 0.1) is 28.6 Å². The van der Waals surface area contributed by atoms with Crippen LogP contribution in [-0.2, 0) is 10.3 Å². The highest BCUT2D eigenvalue weighted by atomic mass is 35.5. The number of nitrogens with zero attached hydrogens (tertiary/aromatic N) is 1. The van der Waals surface area contributed by atoms with Crippen LogP contribution in [0.15, 0.2) is 24.3 Å². The minimum atomic E-state index is -0.729. The third-order valence-electron chi connectivity index (χ3n) is 12.2. The third-order valence-corrected chi connectivity index (χ3v) is 12.5. The summed E-state index contributed by atoms with van der Waals surface area (Å²) >= 11 is 6.32. The number of halogens is 1. The molecule has 200 valence electrons. The molecule has 1 heterocycles. The van der Waals surface area contributed by atoms with Crippen LogP contribution < -0.4 is 0 Å². The first-order valence-corrected chi connectivity index (χ1v) is 15.1. The van der Waals surface area contributed by atoms with Crippen molar-refractivity contribution in [1.29, 1.82) is 0 Å². The lowest BCUT2D eigenvalue weighted by Gasteiger charge is -2.64. The number of likely N-dealkylation sites (tertiary alicyclic amines) is 1. The molecule has 6 rings (SSSR count). The zero-order chi connectivity index (χ0) is 25.2. The largest absolute Gasteiger partial charge is 0.393 e. The van der Waals surface area contributed by atoms with Gasteiger partial charge in [0.15, 0.2) is 0 Å². The average Bonchev–Trinajstić information content (AvgIpc) is 3.46. The SMILES string of the molecule is C[C@]12CC[C@H](O)C[C@H]1CC[C@@H]1[C@@H]2CC[C@]2(C)[C@@](OCCN3CCCC3)(c3ccc(Cl)cc3)CC[C@]12O. The van der Waals surface area contributed by atoms with Gasteiger partial charge in [0.2, 0.25) is 0 Å². The van der Waals surface area contributed by atoms with Crippen molar-refractivity contribution in [3.8, 4) is 0 Å². The lowest BCUT2D eigenvalue weighted by atomic mass is 9.42. The second-order valence-corrected chi connectivity index (χ2v) is 13.9. The van der Waals surface area contributed by atoms with Crippen LogP contribution in [0.3, 0.4) is 0 Å². The first-order chi connectivity index (χ1) is 17.2. The smallest absolute Gasteiger partial charge is 0.101 e. The lowest BCUT2D eigenvalue weighted by Crippen LogP contribution is -2.65. The lowest BCUT2D eigenvalue weighted by molar-refractivity contribution is -0.249. The number of hydrogen-bond donors (Lipinski definition) is 2. The fourth-order valence-electron chi connectivity index (χ4n) is 10.1. The van der Waals surface area contributed by atoms with E-state index in [4.69, 9.17) is 16.3 Å². The maximum Gasteiger partial charge on any atom is 0.101 e. The molecule has 8 atom stereocenters. The molecule has 1 aliphatic heterocycles. The predicted octanol–water partition coefficient (Wildman–Crippen LogP) is 6.17. The number of hydrogen-bond acceptors (Lipinski definition) is 4. The molecule has 1 aromatic carbocycles.